The lowest BCUT2D eigenvalue weighted by atomic mass is 10.2. The lowest BCUT2D eigenvalue weighted by molar-refractivity contribution is 0.419. The van der Waals surface area contributed by atoms with Crippen LogP contribution in [0.3, 0.4) is 0 Å². The Hall–Kier alpha value is -3.22. The quantitative estimate of drug-likeness (QED) is 0.570. The molecule has 0 saturated carbocycles. The molecule has 6 nitrogen and oxygen atoms in total. The van der Waals surface area contributed by atoms with Gasteiger partial charge in [-0.15, -0.1) is 10.2 Å². The number of benzene rings is 2. The highest BCUT2D eigenvalue weighted by Crippen LogP contribution is 2.27. The fourth-order valence-corrected chi connectivity index (χ4v) is 2.41. The number of oxazole rings is 1. The summed E-state index contributed by atoms with van der Waals surface area (Å²) in [6.07, 6.45) is 0.208. The third kappa shape index (κ3) is 2.50. The Morgan fingerprint density at radius 2 is 1.88 bits per heavy atom. The minimum atomic E-state index is -0.417. The zero-order chi connectivity index (χ0) is 16.5. The summed E-state index contributed by atoms with van der Waals surface area (Å²) >= 11 is 0. The number of nitrogens with zero attached hydrogens (tertiary/aromatic N) is 3. The molecule has 0 amide bonds. The first-order chi connectivity index (χ1) is 11.7. The third-order valence-corrected chi connectivity index (χ3v) is 3.52. The summed E-state index contributed by atoms with van der Waals surface area (Å²) < 4.78 is 30.2. The standard InChI is InChI=1S/C17H12FN3O3/c1-22-12-7-4-8-13-16(12)19-14(23-13)9-15-20-21-17(24-15)10-5-2-3-6-11(10)18/h2-8H,9H2,1H3. The molecule has 0 unspecified atom stereocenters. The van der Waals surface area contributed by atoms with Crippen LogP contribution in [0, 0.1) is 5.82 Å². The smallest absolute Gasteiger partial charge is 0.250 e. The van der Waals surface area contributed by atoms with Gasteiger partial charge < -0.3 is 13.6 Å². The van der Waals surface area contributed by atoms with Gasteiger partial charge in [0.05, 0.1) is 12.7 Å². The van der Waals surface area contributed by atoms with Crippen LogP contribution in [0.4, 0.5) is 4.39 Å². The second-order valence-corrected chi connectivity index (χ2v) is 5.07. The summed E-state index contributed by atoms with van der Waals surface area (Å²) in [4.78, 5) is 4.38. The number of para-hydroxylation sites is 1. The van der Waals surface area contributed by atoms with E-state index in [-0.39, 0.29) is 17.9 Å². The molecule has 120 valence electrons. The Morgan fingerprint density at radius 1 is 1.00 bits per heavy atom. The van der Waals surface area contributed by atoms with Crippen molar-refractivity contribution in [1.29, 1.82) is 0 Å². The van der Waals surface area contributed by atoms with E-state index in [0.29, 0.717) is 28.6 Å². The molecule has 2 aromatic heterocycles. The summed E-state index contributed by atoms with van der Waals surface area (Å²) in [6, 6.07) is 11.6. The number of methoxy groups -OCH3 is 1. The van der Waals surface area contributed by atoms with E-state index in [4.69, 9.17) is 13.6 Å². The molecule has 0 saturated heterocycles. The number of fused-ring (bicyclic) bond motifs is 1. The lowest BCUT2D eigenvalue weighted by Crippen LogP contribution is -1.88. The molecule has 0 bridgehead atoms. The van der Waals surface area contributed by atoms with Gasteiger partial charge in [-0.05, 0) is 24.3 Å². The Balaban J connectivity index is 1.64. The van der Waals surface area contributed by atoms with Crippen LogP contribution in [-0.4, -0.2) is 22.3 Å². The molecule has 0 aliphatic rings. The Labute approximate surface area is 135 Å². The van der Waals surface area contributed by atoms with E-state index in [1.165, 1.54) is 6.07 Å². The van der Waals surface area contributed by atoms with E-state index in [1.807, 2.05) is 6.07 Å². The topological polar surface area (TPSA) is 74.2 Å². The van der Waals surface area contributed by atoms with Gasteiger partial charge >= 0.3 is 0 Å². The average molecular weight is 325 g/mol. The van der Waals surface area contributed by atoms with Gasteiger partial charge in [0.25, 0.3) is 5.89 Å². The van der Waals surface area contributed by atoms with Crippen LogP contribution in [0.1, 0.15) is 11.8 Å². The molecule has 4 rings (SSSR count). The molecular formula is C17H12FN3O3. The Morgan fingerprint density at radius 3 is 2.71 bits per heavy atom. The van der Waals surface area contributed by atoms with Crippen LogP contribution in [-0.2, 0) is 6.42 Å². The SMILES string of the molecule is COc1cccc2oc(Cc3nnc(-c4ccccc4F)o3)nc12. The number of hydrogen-bond donors (Lipinski definition) is 0. The Bertz CT molecular complexity index is 1010. The Kier molecular flexibility index (Phi) is 3.45. The molecule has 0 spiro atoms. The zero-order valence-corrected chi connectivity index (χ0v) is 12.7. The number of hydrogen-bond acceptors (Lipinski definition) is 6. The van der Waals surface area contributed by atoms with Crippen molar-refractivity contribution >= 4 is 11.1 Å². The van der Waals surface area contributed by atoms with E-state index in [1.54, 1.807) is 37.4 Å². The molecule has 4 aromatic rings. The van der Waals surface area contributed by atoms with Crippen molar-refractivity contribution in [3.05, 3.63) is 60.1 Å². The highest BCUT2D eigenvalue weighted by atomic mass is 19.1. The van der Waals surface area contributed by atoms with Crippen molar-refractivity contribution in [2.75, 3.05) is 7.11 Å². The van der Waals surface area contributed by atoms with Gasteiger partial charge in [-0.25, -0.2) is 9.37 Å². The van der Waals surface area contributed by atoms with Crippen LogP contribution >= 0.6 is 0 Å². The number of ether oxygens (including phenoxy) is 1. The van der Waals surface area contributed by atoms with E-state index in [9.17, 15) is 4.39 Å². The first-order valence-corrected chi connectivity index (χ1v) is 7.24. The number of aromatic nitrogens is 3. The van der Waals surface area contributed by atoms with Crippen molar-refractivity contribution in [3.8, 4) is 17.2 Å². The van der Waals surface area contributed by atoms with Crippen LogP contribution in [0.15, 0.2) is 51.3 Å². The van der Waals surface area contributed by atoms with E-state index < -0.39 is 5.82 Å². The maximum absolute atomic E-state index is 13.8. The molecule has 0 N–H and O–H groups in total. The van der Waals surface area contributed by atoms with Gasteiger partial charge in [-0.2, -0.15) is 0 Å². The molecule has 0 aliphatic heterocycles. The fourth-order valence-electron chi connectivity index (χ4n) is 2.41. The average Bonchev–Trinajstić information content (AvgIpc) is 3.21. The summed E-state index contributed by atoms with van der Waals surface area (Å²) in [6.45, 7) is 0. The van der Waals surface area contributed by atoms with Gasteiger partial charge in [0.2, 0.25) is 11.8 Å². The van der Waals surface area contributed by atoms with Crippen LogP contribution < -0.4 is 4.74 Å². The van der Waals surface area contributed by atoms with E-state index in [0.717, 1.165) is 0 Å². The fraction of sp³-hybridized carbons (Fsp3) is 0.118. The third-order valence-electron chi connectivity index (χ3n) is 3.52. The summed E-state index contributed by atoms with van der Waals surface area (Å²) in [5.41, 5.74) is 1.50. The summed E-state index contributed by atoms with van der Waals surface area (Å²) in [5.74, 6) is 1.04. The molecular weight excluding hydrogens is 313 g/mol. The second-order valence-electron chi connectivity index (χ2n) is 5.07. The second kappa shape index (κ2) is 5.77. The lowest BCUT2D eigenvalue weighted by Gasteiger charge is -1.96. The van der Waals surface area contributed by atoms with Crippen molar-refractivity contribution in [1.82, 2.24) is 15.2 Å². The van der Waals surface area contributed by atoms with Gasteiger partial charge in [0, 0.05) is 0 Å². The van der Waals surface area contributed by atoms with Crippen LogP contribution in [0.25, 0.3) is 22.6 Å². The van der Waals surface area contributed by atoms with Crippen molar-refractivity contribution in [3.63, 3.8) is 0 Å². The number of rotatable bonds is 4. The first kappa shape index (κ1) is 14.4. The highest BCUT2D eigenvalue weighted by Gasteiger charge is 2.16. The van der Waals surface area contributed by atoms with Crippen molar-refractivity contribution < 1.29 is 18.0 Å². The maximum atomic E-state index is 13.8. The van der Waals surface area contributed by atoms with Gasteiger partial charge in [-0.1, -0.05) is 18.2 Å². The molecule has 2 aromatic carbocycles. The minimum absolute atomic E-state index is 0.122. The predicted molar refractivity (Wildman–Crippen MR) is 83.1 cm³/mol. The van der Waals surface area contributed by atoms with Crippen molar-refractivity contribution in [2.24, 2.45) is 0 Å². The monoisotopic (exact) mass is 325 g/mol. The van der Waals surface area contributed by atoms with Crippen LogP contribution in [0.2, 0.25) is 0 Å². The largest absolute Gasteiger partial charge is 0.494 e. The van der Waals surface area contributed by atoms with Crippen molar-refractivity contribution in [2.45, 2.75) is 6.42 Å². The minimum Gasteiger partial charge on any atom is -0.494 e. The van der Waals surface area contributed by atoms with Gasteiger partial charge in [-0.3, -0.25) is 0 Å². The molecule has 7 heteroatoms. The maximum Gasteiger partial charge on any atom is 0.250 e. The normalized spacial score (nSPS) is 11.1. The molecule has 0 aliphatic carbocycles. The first-order valence-electron chi connectivity index (χ1n) is 7.24. The highest BCUT2D eigenvalue weighted by molar-refractivity contribution is 5.79. The van der Waals surface area contributed by atoms with E-state index in [2.05, 4.69) is 15.2 Å². The zero-order valence-electron chi connectivity index (χ0n) is 12.7. The van der Waals surface area contributed by atoms with Gasteiger partial charge in [0.15, 0.2) is 11.1 Å². The molecule has 0 atom stereocenters. The van der Waals surface area contributed by atoms with Crippen LogP contribution in [0.5, 0.6) is 5.75 Å². The molecule has 0 radical (unpaired) electrons. The molecule has 0 fully saturated rings. The van der Waals surface area contributed by atoms with E-state index >= 15 is 0 Å². The summed E-state index contributed by atoms with van der Waals surface area (Å²) in [7, 11) is 1.57. The predicted octanol–water partition coefficient (Wildman–Crippen LogP) is 3.62. The molecule has 2 heterocycles. The number of halogens is 1. The summed E-state index contributed by atoms with van der Waals surface area (Å²) in [5, 5.41) is 7.81. The molecule has 24 heavy (non-hydrogen) atoms. The van der Waals surface area contributed by atoms with Gasteiger partial charge in [0.1, 0.15) is 18.0 Å².